The van der Waals surface area contributed by atoms with Crippen LogP contribution in [0.15, 0.2) is 24.4 Å². The molecule has 1 aromatic rings. The smallest absolute Gasteiger partial charge is 0.227 e. The fraction of sp³-hybridized carbons (Fsp3) is 0.562. The SMILES string of the molecule is CN1C[C@@H](C(=O)N2CCC(Oc3ccccn3)CC2)CC1=O. The summed E-state index contributed by atoms with van der Waals surface area (Å²) in [4.78, 5) is 31.7. The zero-order valence-electron chi connectivity index (χ0n) is 12.8. The van der Waals surface area contributed by atoms with Crippen LogP contribution in [0.5, 0.6) is 5.88 Å². The maximum absolute atomic E-state index is 12.5. The first kappa shape index (κ1) is 14.8. The van der Waals surface area contributed by atoms with Crippen molar-refractivity contribution in [3.05, 3.63) is 24.4 Å². The van der Waals surface area contributed by atoms with Gasteiger partial charge in [-0.25, -0.2) is 4.98 Å². The molecule has 0 bridgehead atoms. The monoisotopic (exact) mass is 303 g/mol. The van der Waals surface area contributed by atoms with Gasteiger partial charge in [0.1, 0.15) is 6.10 Å². The second kappa shape index (κ2) is 6.34. The molecule has 1 atom stereocenters. The Morgan fingerprint density at radius 2 is 2.09 bits per heavy atom. The lowest BCUT2D eigenvalue weighted by atomic mass is 10.0. The molecule has 118 valence electrons. The molecule has 0 aromatic carbocycles. The number of carbonyl (C=O) groups excluding carboxylic acids is 2. The molecule has 2 saturated heterocycles. The van der Waals surface area contributed by atoms with E-state index in [1.165, 1.54) is 0 Å². The average molecular weight is 303 g/mol. The molecule has 2 fully saturated rings. The lowest BCUT2D eigenvalue weighted by Crippen LogP contribution is -2.44. The minimum absolute atomic E-state index is 0.0618. The molecule has 2 amide bonds. The topological polar surface area (TPSA) is 62.7 Å². The van der Waals surface area contributed by atoms with E-state index >= 15 is 0 Å². The Morgan fingerprint density at radius 1 is 1.32 bits per heavy atom. The minimum atomic E-state index is -0.175. The predicted molar refractivity (Wildman–Crippen MR) is 80.2 cm³/mol. The highest BCUT2D eigenvalue weighted by atomic mass is 16.5. The molecule has 6 nitrogen and oxygen atoms in total. The van der Waals surface area contributed by atoms with Gasteiger partial charge in [0.15, 0.2) is 0 Å². The van der Waals surface area contributed by atoms with E-state index in [1.54, 1.807) is 18.1 Å². The third-order valence-corrected chi connectivity index (χ3v) is 4.37. The summed E-state index contributed by atoms with van der Waals surface area (Å²) in [6, 6.07) is 5.60. The maximum Gasteiger partial charge on any atom is 0.227 e. The molecule has 0 N–H and O–H groups in total. The van der Waals surface area contributed by atoms with Crippen LogP contribution in [0.25, 0.3) is 0 Å². The van der Waals surface area contributed by atoms with Crippen LogP contribution >= 0.6 is 0 Å². The standard InChI is InChI=1S/C16H21N3O3/c1-18-11-12(10-15(18)20)16(21)19-8-5-13(6-9-19)22-14-4-2-3-7-17-14/h2-4,7,12-13H,5-6,8-11H2,1H3/t12-/m0/s1. The molecule has 6 heteroatoms. The summed E-state index contributed by atoms with van der Waals surface area (Å²) in [6.45, 7) is 1.91. The second-order valence-electron chi connectivity index (χ2n) is 5.99. The molecule has 1 aromatic heterocycles. The Kier molecular flexibility index (Phi) is 4.27. The first-order valence-electron chi connectivity index (χ1n) is 7.74. The Balaban J connectivity index is 1.49. The van der Waals surface area contributed by atoms with Crippen molar-refractivity contribution >= 4 is 11.8 Å². The normalized spacial score (nSPS) is 23.0. The first-order chi connectivity index (χ1) is 10.6. The highest BCUT2D eigenvalue weighted by Crippen LogP contribution is 2.22. The summed E-state index contributed by atoms with van der Waals surface area (Å²) < 4.78 is 5.83. The highest BCUT2D eigenvalue weighted by Gasteiger charge is 2.36. The summed E-state index contributed by atoms with van der Waals surface area (Å²) in [5.74, 6) is 0.627. The molecule has 22 heavy (non-hydrogen) atoms. The average Bonchev–Trinajstić information content (AvgIpc) is 2.88. The largest absolute Gasteiger partial charge is 0.474 e. The van der Waals surface area contributed by atoms with Crippen molar-refractivity contribution in [2.45, 2.75) is 25.4 Å². The number of amides is 2. The lowest BCUT2D eigenvalue weighted by molar-refractivity contribution is -0.137. The Labute approximate surface area is 130 Å². The molecule has 0 radical (unpaired) electrons. The van der Waals surface area contributed by atoms with Crippen LogP contribution in [-0.2, 0) is 9.59 Å². The van der Waals surface area contributed by atoms with Crippen molar-refractivity contribution in [2.75, 3.05) is 26.7 Å². The van der Waals surface area contributed by atoms with Gasteiger partial charge in [0.05, 0.1) is 5.92 Å². The Bertz CT molecular complexity index is 541. The van der Waals surface area contributed by atoms with Gasteiger partial charge in [0.25, 0.3) is 0 Å². The van der Waals surface area contributed by atoms with Crippen LogP contribution in [0.2, 0.25) is 0 Å². The van der Waals surface area contributed by atoms with E-state index in [0.29, 0.717) is 31.9 Å². The van der Waals surface area contributed by atoms with Crippen molar-refractivity contribution in [3.8, 4) is 5.88 Å². The third kappa shape index (κ3) is 3.21. The van der Waals surface area contributed by atoms with E-state index < -0.39 is 0 Å². The molecule has 2 aliphatic heterocycles. The van der Waals surface area contributed by atoms with Crippen LogP contribution in [0.4, 0.5) is 0 Å². The fourth-order valence-corrected chi connectivity index (χ4v) is 3.07. The van der Waals surface area contributed by atoms with Gasteiger partial charge in [-0.05, 0) is 6.07 Å². The van der Waals surface area contributed by atoms with E-state index in [9.17, 15) is 9.59 Å². The highest BCUT2D eigenvalue weighted by molar-refractivity contribution is 5.89. The van der Waals surface area contributed by atoms with E-state index in [2.05, 4.69) is 4.98 Å². The number of carbonyl (C=O) groups is 2. The molecule has 0 spiro atoms. The van der Waals surface area contributed by atoms with Gasteiger partial charge in [-0.2, -0.15) is 0 Å². The summed E-state index contributed by atoms with van der Waals surface area (Å²) in [5.41, 5.74) is 0. The van der Waals surface area contributed by atoms with Crippen molar-refractivity contribution in [1.82, 2.24) is 14.8 Å². The number of aromatic nitrogens is 1. The number of piperidine rings is 1. The number of nitrogens with zero attached hydrogens (tertiary/aromatic N) is 3. The van der Waals surface area contributed by atoms with Crippen LogP contribution in [0, 0.1) is 5.92 Å². The molecular weight excluding hydrogens is 282 g/mol. The van der Waals surface area contributed by atoms with Gasteiger partial charge >= 0.3 is 0 Å². The van der Waals surface area contributed by atoms with Gasteiger partial charge in [-0.15, -0.1) is 0 Å². The van der Waals surface area contributed by atoms with E-state index in [0.717, 1.165) is 12.8 Å². The van der Waals surface area contributed by atoms with Crippen LogP contribution < -0.4 is 4.74 Å². The fourth-order valence-electron chi connectivity index (χ4n) is 3.07. The summed E-state index contributed by atoms with van der Waals surface area (Å²) >= 11 is 0. The van der Waals surface area contributed by atoms with Crippen molar-refractivity contribution in [1.29, 1.82) is 0 Å². The van der Waals surface area contributed by atoms with Crippen LogP contribution in [0.1, 0.15) is 19.3 Å². The third-order valence-electron chi connectivity index (χ3n) is 4.37. The van der Waals surface area contributed by atoms with E-state index in [4.69, 9.17) is 4.74 Å². The van der Waals surface area contributed by atoms with Gasteiger partial charge in [-0.3, -0.25) is 9.59 Å². The number of hydrogen-bond donors (Lipinski definition) is 0. The zero-order valence-corrected chi connectivity index (χ0v) is 12.8. The van der Waals surface area contributed by atoms with Crippen LogP contribution in [-0.4, -0.2) is 59.4 Å². The number of hydrogen-bond acceptors (Lipinski definition) is 4. The Hall–Kier alpha value is -2.11. The lowest BCUT2D eigenvalue weighted by Gasteiger charge is -2.33. The number of rotatable bonds is 3. The minimum Gasteiger partial charge on any atom is -0.474 e. The molecular formula is C16H21N3O3. The number of likely N-dealkylation sites (tertiary alicyclic amines) is 2. The molecule has 0 aliphatic carbocycles. The van der Waals surface area contributed by atoms with Crippen molar-refractivity contribution < 1.29 is 14.3 Å². The quantitative estimate of drug-likeness (QED) is 0.833. The van der Waals surface area contributed by atoms with E-state index in [-0.39, 0.29) is 23.8 Å². The Morgan fingerprint density at radius 3 is 2.68 bits per heavy atom. The van der Waals surface area contributed by atoms with Gasteiger partial charge < -0.3 is 14.5 Å². The van der Waals surface area contributed by atoms with Gasteiger partial charge in [0.2, 0.25) is 17.7 Å². The summed E-state index contributed by atoms with van der Waals surface area (Å²) in [5, 5.41) is 0. The molecule has 2 aliphatic rings. The zero-order chi connectivity index (χ0) is 15.5. The summed E-state index contributed by atoms with van der Waals surface area (Å²) in [7, 11) is 1.75. The second-order valence-corrected chi connectivity index (χ2v) is 5.99. The van der Waals surface area contributed by atoms with Gasteiger partial charge in [-0.1, -0.05) is 6.07 Å². The molecule has 3 heterocycles. The molecule has 0 saturated carbocycles. The molecule has 0 unspecified atom stereocenters. The summed E-state index contributed by atoms with van der Waals surface area (Å²) in [6.07, 6.45) is 3.77. The maximum atomic E-state index is 12.5. The van der Waals surface area contributed by atoms with Crippen LogP contribution in [0.3, 0.4) is 0 Å². The van der Waals surface area contributed by atoms with Gasteiger partial charge in [0, 0.05) is 58.2 Å². The van der Waals surface area contributed by atoms with Crippen molar-refractivity contribution in [2.24, 2.45) is 5.92 Å². The predicted octanol–water partition coefficient (Wildman–Crippen LogP) is 0.930. The molecule has 3 rings (SSSR count). The number of pyridine rings is 1. The van der Waals surface area contributed by atoms with Crippen molar-refractivity contribution in [3.63, 3.8) is 0 Å². The first-order valence-corrected chi connectivity index (χ1v) is 7.74. The van der Waals surface area contributed by atoms with E-state index in [1.807, 2.05) is 23.1 Å². The number of ether oxygens (including phenoxy) is 1.